The van der Waals surface area contributed by atoms with E-state index in [1.165, 1.54) is 12.1 Å². The summed E-state index contributed by atoms with van der Waals surface area (Å²) in [5, 5.41) is 0. The molecule has 1 rings (SSSR count). The number of nitrogens with one attached hydrogen (secondary N) is 1. The molecule has 0 aliphatic carbocycles. The van der Waals surface area contributed by atoms with Gasteiger partial charge >= 0.3 is 0 Å². The Bertz CT molecular complexity index is 342. The van der Waals surface area contributed by atoms with Crippen LogP contribution in [0.15, 0.2) is 22.7 Å². The third-order valence-electron chi connectivity index (χ3n) is 2.77. The van der Waals surface area contributed by atoms with E-state index < -0.39 is 0 Å². The van der Waals surface area contributed by atoms with Gasteiger partial charge in [-0.3, -0.25) is 11.3 Å². The summed E-state index contributed by atoms with van der Waals surface area (Å²) in [7, 11) is 1.66. The minimum atomic E-state index is -0.270. The highest BCUT2D eigenvalue weighted by atomic mass is 79.9. The molecule has 17 heavy (non-hydrogen) atoms. The van der Waals surface area contributed by atoms with Gasteiger partial charge in [0.05, 0.1) is 0 Å². The maximum atomic E-state index is 13.3. The maximum absolute atomic E-state index is 13.3. The zero-order valence-electron chi connectivity index (χ0n) is 10.0. The number of ether oxygens (including phenoxy) is 1. The Kier molecular flexibility index (Phi) is 6.05. The zero-order valence-corrected chi connectivity index (χ0v) is 11.6. The highest BCUT2D eigenvalue weighted by molar-refractivity contribution is 9.10. The molecule has 96 valence electrons. The molecule has 0 bridgehead atoms. The van der Waals surface area contributed by atoms with E-state index in [1.807, 2.05) is 6.07 Å². The van der Waals surface area contributed by atoms with Gasteiger partial charge in [-0.05, 0) is 36.1 Å². The number of halogens is 2. The first-order chi connectivity index (χ1) is 8.08. The van der Waals surface area contributed by atoms with Crippen molar-refractivity contribution in [2.24, 2.45) is 11.8 Å². The summed E-state index contributed by atoms with van der Waals surface area (Å²) in [4.78, 5) is 0. The van der Waals surface area contributed by atoms with E-state index in [2.05, 4.69) is 28.3 Å². The van der Waals surface area contributed by atoms with Gasteiger partial charge in [0.2, 0.25) is 0 Å². The molecule has 1 aromatic carbocycles. The molecule has 0 fully saturated rings. The van der Waals surface area contributed by atoms with Crippen LogP contribution in [0.25, 0.3) is 0 Å². The number of hydrogen-bond acceptors (Lipinski definition) is 3. The second-order valence-corrected chi connectivity index (χ2v) is 5.02. The Morgan fingerprint density at radius 1 is 1.47 bits per heavy atom. The van der Waals surface area contributed by atoms with Gasteiger partial charge in [0.15, 0.2) is 0 Å². The number of rotatable bonds is 6. The molecule has 5 heteroatoms. The van der Waals surface area contributed by atoms with Gasteiger partial charge in [-0.25, -0.2) is 4.39 Å². The van der Waals surface area contributed by atoms with Gasteiger partial charge in [-0.15, -0.1) is 0 Å². The zero-order chi connectivity index (χ0) is 12.8. The molecule has 0 aliphatic heterocycles. The molecule has 0 amide bonds. The summed E-state index contributed by atoms with van der Waals surface area (Å²) in [6.45, 7) is 2.72. The first kappa shape index (κ1) is 14.6. The maximum Gasteiger partial charge on any atom is 0.124 e. The van der Waals surface area contributed by atoms with Crippen molar-refractivity contribution in [3.63, 3.8) is 0 Å². The van der Waals surface area contributed by atoms with Gasteiger partial charge in [0, 0.05) is 24.2 Å². The SMILES string of the molecule is COCCC(C)C(NN)c1cc(F)cc(Br)c1. The Morgan fingerprint density at radius 2 is 2.18 bits per heavy atom. The van der Waals surface area contributed by atoms with Gasteiger partial charge < -0.3 is 4.74 Å². The Balaban J connectivity index is 2.84. The lowest BCUT2D eigenvalue weighted by Gasteiger charge is -2.23. The minimum absolute atomic E-state index is 0.0860. The van der Waals surface area contributed by atoms with E-state index in [0.29, 0.717) is 11.1 Å². The molecule has 0 aliphatic rings. The normalized spacial score (nSPS) is 14.6. The van der Waals surface area contributed by atoms with Crippen LogP contribution in [0.4, 0.5) is 4.39 Å². The monoisotopic (exact) mass is 304 g/mol. The Hall–Kier alpha value is -0.490. The summed E-state index contributed by atoms with van der Waals surface area (Å²) in [5.74, 6) is 5.54. The molecule has 0 radical (unpaired) electrons. The lowest BCUT2D eigenvalue weighted by Crippen LogP contribution is -2.33. The van der Waals surface area contributed by atoms with E-state index in [9.17, 15) is 4.39 Å². The molecule has 2 unspecified atom stereocenters. The van der Waals surface area contributed by atoms with Crippen molar-refractivity contribution < 1.29 is 9.13 Å². The fourth-order valence-corrected chi connectivity index (χ4v) is 2.30. The third-order valence-corrected chi connectivity index (χ3v) is 3.23. The van der Waals surface area contributed by atoms with Crippen LogP contribution < -0.4 is 11.3 Å². The van der Waals surface area contributed by atoms with Crippen LogP contribution >= 0.6 is 15.9 Å². The Morgan fingerprint density at radius 3 is 2.71 bits per heavy atom. The van der Waals surface area contributed by atoms with E-state index in [1.54, 1.807) is 7.11 Å². The number of nitrogens with two attached hydrogens (primary N) is 1. The average Bonchev–Trinajstić information content (AvgIpc) is 2.26. The van der Waals surface area contributed by atoms with Gasteiger partial charge in [-0.2, -0.15) is 0 Å². The number of hydrogen-bond donors (Lipinski definition) is 2. The molecule has 2 atom stereocenters. The fraction of sp³-hybridized carbons (Fsp3) is 0.500. The summed E-state index contributed by atoms with van der Waals surface area (Å²) < 4.78 is 19.1. The van der Waals surface area contributed by atoms with E-state index in [-0.39, 0.29) is 17.8 Å². The number of benzene rings is 1. The van der Waals surface area contributed by atoms with Gasteiger partial charge in [-0.1, -0.05) is 22.9 Å². The molecule has 3 N–H and O–H groups in total. The van der Waals surface area contributed by atoms with Crippen molar-refractivity contribution in [3.05, 3.63) is 34.1 Å². The number of hydrazine groups is 1. The largest absolute Gasteiger partial charge is 0.385 e. The molecule has 1 aromatic rings. The van der Waals surface area contributed by atoms with Gasteiger partial charge in [0.25, 0.3) is 0 Å². The molecule has 3 nitrogen and oxygen atoms in total. The van der Waals surface area contributed by atoms with Crippen molar-refractivity contribution in [1.29, 1.82) is 0 Å². The van der Waals surface area contributed by atoms with Crippen molar-refractivity contribution in [3.8, 4) is 0 Å². The fourth-order valence-electron chi connectivity index (χ4n) is 1.81. The second kappa shape index (κ2) is 7.06. The van der Waals surface area contributed by atoms with Crippen LogP contribution in [-0.4, -0.2) is 13.7 Å². The van der Waals surface area contributed by atoms with Crippen LogP contribution in [0.2, 0.25) is 0 Å². The highest BCUT2D eigenvalue weighted by Gasteiger charge is 2.18. The predicted molar refractivity (Wildman–Crippen MR) is 69.8 cm³/mol. The molecule has 0 aromatic heterocycles. The molecule has 0 saturated heterocycles. The second-order valence-electron chi connectivity index (χ2n) is 4.11. The molecular formula is C12H18BrFN2O. The quantitative estimate of drug-likeness (QED) is 0.627. The lowest BCUT2D eigenvalue weighted by molar-refractivity contribution is 0.170. The third kappa shape index (κ3) is 4.35. The van der Waals surface area contributed by atoms with Crippen LogP contribution in [0.3, 0.4) is 0 Å². The summed E-state index contributed by atoms with van der Waals surface area (Å²) in [5.41, 5.74) is 3.57. The van der Waals surface area contributed by atoms with E-state index in [0.717, 1.165) is 12.0 Å². The first-order valence-corrected chi connectivity index (χ1v) is 6.28. The number of methoxy groups -OCH3 is 1. The van der Waals surface area contributed by atoms with E-state index in [4.69, 9.17) is 10.6 Å². The molecular weight excluding hydrogens is 287 g/mol. The highest BCUT2D eigenvalue weighted by Crippen LogP contribution is 2.27. The van der Waals surface area contributed by atoms with Crippen molar-refractivity contribution in [1.82, 2.24) is 5.43 Å². The summed E-state index contributed by atoms with van der Waals surface area (Å²) in [6.07, 6.45) is 0.861. The molecule has 0 heterocycles. The summed E-state index contributed by atoms with van der Waals surface area (Å²) >= 11 is 3.28. The lowest BCUT2D eigenvalue weighted by atomic mass is 9.92. The van der Waals surface area contributed by atoms with Crippen LogP contribution in [0.5, 0.6) is 0 Å². The first-order valence-electron chi connectivity index (χ1n) is 5.49. The topological polar surface area (TPSA) is 47.3 Å². The van der Waals surface area contributed by atoms with Crippen molar-refractivity contribution in [2.75, 3.05) is 13.7 Å². The molecule has 0 saturated carbocycles. The standard InChI is InChI=1S/C12H18BrFN2O/c1-8(3-4-17-2)12(16-15)9-5-10(13)7-11(14)6-9/h5-8,12,16H,3-4,15H2,1-2H3. The molecule has 0 spiro atoms. The Labute approximate surface area is 110 Å². The van der Waals surface area contributed by atoms with Crippen LogP contribution in [0.1, 0.15) is 24.9 Å². The van der Waals surface area contributed by atoms with Gasteiger partial charge in [0.1, 0.15) is 5.82 Å². The predicted octanol–water partition coefficient (Wildman–Crippen LogP) is 2.77. The smallest absolute Gasteiger partial charge is 0.124 e. The van der Waals surface area contributed by atoms with Crippen molar-refractivity contribution >= 4 is 15.9 Å². The summed E-state index contributed by atoms with van der Waals surface area (Å²) in [6, 6.07) is 4.71. The van der Waals surface area contributed by atoms with E-state index >= 15 is 0 Å². The van der Waals surface area contributed by atoms with Crippen LogP contribution in [0, 0.1) is 11.7 Å². The minimum Gasteiger partial charge on any atom is -0.385 e. The van der Waals surface area contributed by atoms with Crippen molar-refractivity contribution in [2.45, 2.75) is 19.4 Å². The van der Waals surface area contributed by atoms with Crippen LogP contribution in [-0.2, 0) is 4.74 Å². The average molecular weight is 305 g/mol.